The van der Waals surface area contributed by atoms with Gasteiger partial charge in [0.15, 0.2) is 0 Å². The Kier molecular flexibility index (Phi) is 2.51. The summed E-state index contributed by atoms with van der Waals surface area (Å²) in [5, 5.41) is 0. The van der Waals surface area contributed by atoms with Crippen LogP contribution in [0, 0.1) is 17.8 Å². The molecule has 0 amide bonds. The molecule has 0 spiro atoms. The van der Waals surface area contributed by atoms with Gasteiger partial charge in [-0.05, 0) is 6.08 Å². The number of hydrogen-bond acceptors (Lipinski definition) is 7. The Bertz CT molecular complexity index is 575. The van der Waals surface area contributed by atoms with Gasteiger partial charge in [0, 0.05) is 26.2 Å². The van der Waals surface area contributed by atoms with Crippen LogP contribution in [0.3, 0.4) is 0 Å². The number of cyclic esters (lactones) is 2. The van der Waals surface area contributed by atoms with Crippen LogP contribution in [0.2, 0.25) is 0 Å². The third kappa shape index (κ3) is 1.59. The molecule has 3 rings (SSSR count). The summed E-state index contributed by atoms with van der Waals surface area (Å²) in [5.41, 5.74) is -1.24. The smallest absolute Gasteiger partial charge is 0.321 e. The van der Waals surface area contributed by atoms with Crippen LogP contribution in [0.15, 0.2) is 11.8 Å². The van der Waals surface area contributed by atoms with Gasteiger partial charge in [-0.25, -0.2) is 0 Å². The maximum atomic E-state index is 11.8. The van der Waals surface area contributed by atoms with Crippen molar-refractivity contribution >= 4 is 23.9 Å². The largest absolute Gasteiger partial charge is 0.454 e. The maximum absolute atomic E-state index is 11.8. The lowest BCUT2D eigenvalue weighted by Gasteiger charge is -2.28. The molecule has 7 heteroatoms. The van der Waals surface area contributed by atoms with Gasteiger partial charge >= 0.3 is 23.9 Å². The second kappa shape index (κ2) is 3.91. The normalized spacial score (nSPS) is 37.3. The van der Waals surface area contributed by atoms with E-state index < -0.39 is 47.2 Å². The van der Waals surface area contributed by atoms with Crippen LogP contribution in [0.1, 0.15) is 20.3 Å². The zero-order valence-corrected chi connectivity index (χ0v) is 10.9. The van der Waals surface area contributed by atoms with Crippen LogP contribution < -0.4 is 0 Å². The Morgan fingerprint density at radius 2 is 1.95 bits per heavy atom. The summed E-state index contributed by atoms with van der Waals surface area (Å²) in [6.07, 6.45) is 1.72. The summed E-state index contributed by atoms with van der Waals surface area (Å²) in [4.78, 5) is 45.9. The van der Waals surface area contributed by atoms with E-state index in [1.165, 1.54) is 19.9 Å². The highest BCUT2D eigenvalue weighted by molar-refractivity contribution is 5.99. The number of hydrogen-bond donors (Lipinski definition) is 0. The van der Waals surface area contributed by atoms with Gasteiger partial charge in [0.05, 0.1) is 5.92 Å². The van der Waals surface area contributed by atoms with Gasteiger partial charge in [-0.1, -0.05) is 0 Å². The summed E-state index contributed by atoms with van der Waals surface area (Å²) in [6.45, 7) is 2.46. The predicted molar refractivity (Wildman–Crippen MR) is 60.5 cm³/mol. The van der Waals surface area contributed by atoms with Crippen LogP contribution in [0.4, 0.5) is 0 Å². The molecule has 0 radical (unpaired) electrons. The number of ether oxygens (including phenoxy) is 3. The second-order valence-electron chi connectivity index (χ2n) is 5.24. The minimum absolute atomic E-state index is 0.255. The SMILES string of the molecule is CC(=O)OC1=C[C@@]2(OC(C)=O)C[C@H]1[C@H]1C(=O)OC(=O)[C@@H]12. The summed E-state index contributed by atoms with van der Waals surface area (Å²) < 4.78 is 15.0. The number of carbonyl (C=O) groups excluding carboxylic acids is 4. The molecule has 7 nitrogen and oxygen atoms in total. The fraction of sp³-hybridized carbons (Fsp3) is 0.538. The zero-order chi connectivity index (χ0) is 14.7. The quantitative estimate of drug-likeness (QED) is 0.401. The fourth-order valence-corrected chi connectivity index (χ4v) is 3.46. The van der Waals surface area contributed by atoms with Crippen LogP contribution in [-0.2, 0) is 33.4 Å². The van der Waals surface area contributed by atoms with Crippen molar-refractivity contribution in [3.63, 3.8) is 0 Å². The summed E-state index contributed by atoms with van der Waals surface area (Å²) in [6, 6.07) is 0. The lowest BCUT2D eigenvalue weighted by atomic mass is 9.82. The van der Waals surface area contributed by atoms with Crippen LogP contribution >= 0.6 is 0 Å². The highest BCUT2D eigenvalue weighted by atomic mass is 16.6. The number of allylic oxidation sites excluding steroid dienone is 1. The zero-order valence-electron chi connectivity index (χ0n) is 10.9. The first kappa shape index (κ1) is 12.8. The van der Waals surface area contributed by atoms with Gasteiger partial charge in [-0.2, -0.15) is 0 Å². The molecular formula is C13H12O7. The maximum Gasteiger partial charge on any atom is 0.321 e. The van der Waals surface area contributed by atoms with Crippen LogP contribution in [0.25, 0.3) is 0 Å². The van der Waals surface area contributed by atoms with E-state index in [0.717, 1.165) is 0 Å². The van der Waals surface area contributed by atoms with Crippen LogP contribution in [-0.4, -0.2) is 29.5 Å². The molecule has 2 bridgehead atoms. The molecule has 3 aliphatic rings. The van der Waals surface area contributed by atoms with Crippen molar-refractivity contribution in [1.82, 2.24) is 0 Å². The van der Waals surface area contributed by atoms with E-state index in [9.17, 15) is 19.2 Å². The highest BCUT2D eigenvalue weighted by Crippen LogP contribution is 2.59. The Balaban J connectivity index is 2.03. The Morgan fingerprint density at radius 3 is 2.55 bits per heavy atom. The number of carbonyl (C=O) groups is 4. The first-order chi connectivity index (χ1) is 9.34. The molecule has 106 valence electrons. The van der Waals surface area contributed by atoms with E-state index in [-0.39, 0.29) is 12.2 Å². The lowest BCUT2D eigenvalue weighted by molar-refractivity contribution is -0.162. The molecule has 0 aromatic heterocycles. The van der Waals surface area contributed by atoms with E-state index in [2.05, 4.69) is 4.74 Å². The molecule has 4 atom stereocenters. The summed E-state index contributed by atoms with van der Waals surface area (Å²) in [7, 11) is 0. The monoisotopic (exact) mass is 280 g/mol. The van der Waals surface area contributed by atoms with Gasteiger partial charge in [0.25, 0.3) is 0 Å². The molecule has 20 heavy (non-hydrogen) atoms. The van der Waals surface area contributed by atoms with Crippen molar-refractivity contribution in [2.75, 3.05) is 0 Å². The predicted octanol–water partition coefficient (Wildman–Crippen LogP) is 0.0846. The van der Waals surface area contributed by atoms with E-state index in [1.807, 2.05) is 0 Å². The molecule has 0 N–H and O–H groups in total. The van der Waals surface area contributed by atoms with Crippen molar-refractivity contribution in [2.45, 2.75) is 25.9 Å². The Hall–Kier alpha value is -2.18. The molecule has 1 saturated carbocycles. The highest BCUT2D eigenvalue weighted by Gasteiger charge is 2.70. The van der Waals surface area contributed by atoms with Gasteiger partial charge < -0.3 is 14.2 Å². The summed E-state index contributed by atoms with van der Waals surface area (Å²) in [5.74, 6) is -4.25. The topological polar surface area (TPSA) is 96.0 Å². The third-order valence-corrected chi connectivity index (χ3v) is 3.93. The van der Waals surface area contributed by atoms with Crippen molar-refractivity contribution in [3.05, 3.63) is 11.8 Å². The fourth-order valence-electron chi connectivity index (χ4n) is 3.46. The molecule has 2 aliphatic carbocycles. The standard InChI is InChI=1S/C13H12O7/c1-5(14)18-8-4-13(20-6(2)15)3-7(8)9-10(13)12(17)19-11(9)16/h4,7,9-10H,3H2,1-2H3/t7-,9-,10-,13+/m1/s1. The average molecular weight is 280 g/mol. The number of esters is 4. The van der Waals surface area contributed by atoms with Crippen molar-refractivity contribution in [1.29, 1.82) is 0 Å². The molecule has 1 heterocycles. The van der Waals surface area contributed by atoms with Gasteiger partial charge in [-0.15, -0.1) is 0 Å². The second-order valence-corrected chi connectivity index (χ2v) is 5.24. The molecule has 1 aliphatic heterocycles. The van der Waals surface area contributed by atoms with E-state index in [1.54, 1.807) is 0 Å². The molecule has 1 saturated heterocycles. The lowest BCUT2D eigenvalue weighted by Crippen LogP contribution is -2.41. The molecular weight excluding hydrogens is 268 g/mol. The van der Waals surface area contributed by atoms with Gasteiger partial charge in [0.1, 0.15) is 17.3 Å². The van der Waals surface area contributed by atoms with E-state index in [4.69, 9.17) is 9.47 Å². The molecule has 0 aromatic carbocycles. The Morgan fingerprint density at radius 1 is 1.25 bits per heavy atom. The van der Waals surface area contributed by atoms with Crippen molar-refractivity contribution in [2.24, 2.45) is 17.8 Å². The number of fused-ring (bicyclic) bond motifs is 5. The Labute approximate surface area is 113 Å². The average Bonchev–Trinajstić information content (AvgIpc) is 2.87. The van der Waals surface area contributed by atoms with Crippen molar-refractivity contribution < 1.29 is 33.4 Å². The first-order valence-electron chi connectivity index (χ1n) is 6.20. The molecule has 0 aromatic rings. The molecule has 0 unspecified atom stereocenters. The van der Waals surface area contributed by atoms with E-state index >= 15 is 0 Å². The number of rotatable bonds is 2. The van der Waals surface area contributed by atoms with Crippen molar-refractivity contribution in [3.8, 4) is 0 Å². The van der Waals surface area contributed by atoms with Gasteiger partial charge in [-0.3, -0.25) is 19.2 Å². The van der Waals surface area contributed by atoms with Gasteiger partial charge in [0.2, 0.25) is 0 Å². The minimum Gasteiger partial charge on any atom is -0.454 e. The minimum atomic E-state index is -1.24. The summed E-state index contributed by atoms with van der Waals surface area (Å²) >= 11 is 0. The van der Waals surface area contributed by atoms with Crippen LogP contribution in [0.5, 0.6) is 0 Å². The first-order valence-corrected chi connectivity index (χ1v) is 6.20. The third-order valence-electron chi connectivity index (χ3n) is 3.93. The van der Waals surface area contributed by atoms with E-state index in [0.29, 0.717) is 0 Å². The molecule has 2 fully saturated rings.